The lowest BCUT2D eigenvalue weighted by atomic mass is 9.32. The summed E-state index contributed by atoms with van der Waals surface area (Å²) < 4.78 is 37.8. The van der Waals surface area contributed by atoms with Gasteiger partial charge in [0.1, 0.15) is 6.67 Å². The maximum Gasteiger partial charge on any atom is 0.312 e. The Hall–Kier alpha value is -1.51. The third-order valence-electron chi connectivity index (χ3n) is 18.2. The molecule has 0 aromatic carbocycles. The monoisotopic (exact) mass is 755 g/mol. The Morgan fingerprint density at radius 2 is 1.68 bits per heavy atom. The molecular formula is C45H71FN2O4S. The van der Waals surface area contributed by atoms with Crippen molar-refractivity contribution in [3.63, 3.8) is 0 Å². The van der Waals surface area contributed by atoms with Crippen LogP contribution < -0.4 is 5.32 Å². The second-order valence-corrected chi connectivity index (χ2v) is 23.1. The molecule has 4 saturated carbocycles. The zero-order valence-electron chi connectivity index (χ0n) is 34.0. The first kappa shape index (κ1) is 39.7. The number of carboxylic acids is 1. The van der Waals surface area contributed by atoms with E-state index >= 15 is 0 Å². The summed E-state index contributed by atoms with van der Waals surface area (Å²) >= 11 is 0. The highest BCUT2D eigenvalue weighted by Gasteiger charge is 2.70. The number of halogens is 1. The van der Waals surface area contributed by atoms with Crippen molar-refractivity contribution in [2.24, 2.45) is 62.1 Å². The predicted octanol–water partition coefficient (Wildman–Crippen LogP) is 9.04. The number of carboxylic acid groups (broad SMARTS) is 1. The van der Waals surface area contributed by atoms with Gasteiger partial charge in [-0.25, -0.2) is 12.8 Å². The Morgan fingerprint density at radius 1 is 0.943 bits per heavy atom. The molecule has 7 aliphatic rings. The number of nitrogens with zero attached hydrogens (tertiary/aromatic N) is 1. The zero-order chi connectivity index (χ0) is 38.2. The molecule has 6 aliphatic carbocycles. The molecule has 1 aliphatic heterocycles. The molecule has 298 valence electrons. The first-order valence-corrected chi connectivity index (χ1v) is 23.2. The molecule has 0 unspecified atom stereocenters. The van der Waals surface area contributed by atoms with Gasteiger partial charge in [0, 0.05) is 19.6 Å². The van der Waals surface area contributed by atoms with Crippen molar-refractivity contribution < 1.29 is 22.7 Å². The largest absolute Gasteiger partial charge is 0.481 e. The van der Waals surface area contributed by atoms with Crippen molar-refractivity contribution in [1.82, 2.24) is 10.2 Å². The topological polar surface area (TPSA) is 86.7 Å². The second kappa shape index (κ2) is 13.9. The van der Waals surface area contributed by atoms with Crippen molar-refractivity contribution in [1.29, 1.82) is 0 Å². The fraction of sp³-hybridized carbons (Fsp3) is 0.844. The van der Waals surface area contributed by atoms with E-state index in [0.717, 1.165) is 32.5 Å². The first-order valence-electron chi connectivity index (χ1n) is 21.4. The van der Waals surface area contributed by atoms with E-state index in [1.165, 1.54) is 68.1 Å². The Balaban J connectivity index is 1.08. The lowest BCUT2D eigenvalue weighted by Crippen LogP contribution is -2.66. The van der Waals surface area contributed by atoms with Crippen LogP contribution in [-0.4, -0.2) is 75.3 Å². The van der Waals surface area contributed by atoms with E-state index in [9.17, 15) is 22.7 Å². The van der Waals surface area contributed by atoms with Gasteiger partial charge in [-0.15, -0.1) is 0 Å². The molecular weight excluding hydrogens is 684 g/mol. The number of allylic oxidation sites excluding steroid dienone is 5. The summed E-state index contributed by atoms with van der Waals surface area (Å²) in [5, 5.41) is 13.8. The molecule has 7 rings (SSSR count). The highest BCUT2D eigenvalue weighted by atomic mass is 32.2. The minimum absolute atomic E-state index is 0.00749. The molecule has 5 fully saturated rings. The van der Waals surface area contributed by atoms with E-state index in [2.05, 4.69) is 70.5 Å². The molecule has 6 nitrogen and oxygen atoms in total. The molecule has 0 bridgehead atoms. The average Bonchev–Trinajstić information content (AvgIpc) is 3.49. The van der Waals surface area contributed by atoms with Crippen LogP contribution >= 0.6 is 0 Å². The third-order valence-corrected chi connectivity index (χ3v) is 19.8. The van der Waals surface area contributed by atoms with E-state index in [1.807, 2.05) is 0 Å². The SMILES string of the molecule is C=C(C)[C@@H]1CC[C@]2(CNCCCN3CCS(=O)(=O)CC3)CC[C@]3(C)[C@H](CC[C@@H]4[C@@]5(C)CC=C(C6=CC[C@@](CF)(C(=O)O)CC6)C(C)(C)[C@@H]5CC[C@]43C)[C@@H]12. The van der Waals surface area contributed by atoms with Crippen LogP contribution in [0.1, 0.15) is 125 Å². The maximum atomic E-state index is 14.0. The molecule has 2 N–H and O–H groups in total. The van der Waals surface area contributed by atoms with Gasteiger partial charge in [-0.1, -0.05) is 58.9 Å². The fourth-order valence-corrected chi connectivity index (χ4v) is 16.3. The minimum atomic E-state index is -2.84. The van der Waals surface area contributed by atoms with Crippen LogP contribution in [0.3, 0.4) is 0 Å². The highest BCUT2D eigenvalue weighted by Crippen LogP contribution is 2.77. The minimum Gasteiger partial charge on any atom is -0.481 e. The van der Waals surface area contributed by atoms with Crippen molar-refractivity contribution in [3.8, 4) is 0 Å². The van der Waals surface area contributed by atoms with Crippen molar-refractivity contribution >= 4 is 15.8 Å². The van der Waals surface area contributed by atoms with Crippen molar-refractivity contribution in [2.45, 2.75) is 125 Å². The number of alkyl halides is 1. The third kappa shape index (κ3) is 6.28. The lowest BCUT2D eigenvalue weighted by molar-refractivity contribution is -0.226. The molecule has 0 radical (unpaired) electrons. The van der Waals surface area contributed by atoms with E-state index in [4.69, 9.17) is 0 Å². The van der Waals surface area contributed by atoms with Gasteiger partial charge in [0.15, 0.2) is 9.84 Å². The number of hydrogen-bond donors (Lipinski definition) is 2. The Morgan fingerprint density at radius 3 is 2.32 bits per heavy atom. The molecule has 1 saturated heterocycles. The van der Waals surface area contributed by atoms with E-state index in [1.54, 1.807) is 0 Å². The van der Waals surface area contributed by atoms with Gasteiger partial charge >= 0.3 is 5.97 Å². The highest BCUT2D eigenvalue weighted by molar-refractivity contribution is 7.91. The number of carbonyl (C=O) groups is 1. The lowest BCUT2D eigenvalue weighted by Gasteiger charge is -2.72. The maximum absolute atomic E-state index is 14.0. The van der Waals surface area contributed by atoms with Gasteiger partial charge in [-0.3, -0.25) is 4.79 Å². The van der Waals surface area contributed by atoms with Crippen LogP contribution in [0.15, 0.2) is 35.5 Å². The van der Waals surface area contributed by atoms with E-state index < -0.39 is 27.9 Å². The fourth-order valence-electron chi connectivity index (χ4n) is 15.0. The normalized spacial score (nSPS) is 44.8. The van der Waals surface area contributed by atoms with Crippen LogP contribution in [0, 0.1) is 62.1 Å². The van der Waals surface area contributed by atoms with Gasteiger partial charge in [0.25, 0.3) is 0 Å². The number of aliphatic carboxylic acids is 1. The van der Waals surface area contributed by atoms with E-state index in [-0.39, 0.29) is 21.7 Å². The summed E-state index contributed by atoms with van der Waals surface area (Å²) in [5.41, 5.74) is 3.92. The standard InChI is InChI=1S/C45H71FN2O4S/c1-31(2)33-13-20-45(30-47-23-8-24-48-25-27-53(51,52)28-26-48)22-21-42(6)35(38(33)45)9-10-37-41(5)16-14-34(40(3,4)36(41)15-17-43(37,42)7)32-11-18-44(29-46,19-12-32)39(49)50/h11,14,33,35-38,47H,1,8-10,12-13,15-30H2,2-7H3,(H,49,50)/t33-,35+,36-,37+,38+,41-,42+,43+,44+,45+/m0/s1. The molecule has 53 heavy (non-hydrogen) atoms. The number of fused-ring (bicyclic) bond motifs is 7. The van der Waals surface area contributed by atoms with Crippen LogP contribution in [0.4, 0.5) is 4.39 Å². The van der Waals surface area contributed by atoms with Crippen LogP contribution in [-0.2, 0) is 14.6 Å². The summed E-state index contributed by atoms with van der Waals surface area (Å²) in [6.07, 6.45) is 18.4. The van der Waals surface area contributed by atoms with Gasteiger partial charge < -0.3 is 15.3 Å². The number of sulfone groups is 1. The van der Waals surface area contributed by atoms with Crippen LogP contribution in [0.5, 0.6) is 0 Å². The van der Waals surface area contributed by atoms with Crippen molar-refractivity contribution in [2.75, 3.05) is 50.9 Å². The smallest absolute Gasteiger partial charge is 0.312 e. The molecule has 10 atom stereocenters. The van der Waals surface area contributed by atoms with Gasteiger partial charge in [0.05, 0.1) is 16.9 Å². The summed E-state index contributed by atoms with van der Waals surface area (Å²) in [7, 11) is -2.84. The van der Waals surface area contributed by atoms with Crippen LogP contribution in [0.2, 0.25) is 0 Å². The molecule has 0 spiro atoms. The Kier molecular flexibility index (Phi) is 10.4. The molecule has 0 aromatic rings. The summed E-state index contributed by atoms with van der Waals surface area (Å²) in [6, 6.07) is 0. The zero-order valence-corrected chi connectivity index (χ0v) is 34.8. The molecule has 0 amide bonds. The Bertz CT molecular complexity index is 1620. The quantitative estimate of drug-likeness (QED) is 0.171. The Labute approximate surface area is 321 Å². The second-order valence-electron chi connectivity index (χ2n) is 20.8. The number of nitrogens with one attached hydrogen (secondary N) is 1. The average molecular weight is 755 g/mol. The van der Waals surface area contributed by atoms with Gasteiger partial charge in [-0.05, 0) is 171 Å². The molecule has 1 heterocycles. The van der Waals surface area contributed by atoms with Crippen molar-refractivity contribution in [3.05, 3.63) is 35.5 Å². The predicted molar refractivity (Wildman–Crippen MR) is 213 cm³/mol. The summed E-state index contributed by atoms with van der Waals surface area (Å²) in [6.45, 7) is 23.5. The van der Waals surface area contributed by atoms with Gasteiger partial charge in [0.2, 0.25) is 0 Å². The summed E-state index contributed by atoms with van der Waals surface area (Å²) in [5.74, 6) is 2.83. The van der Waals surface area contributed by atoms with Gasteiger partial charge in [-0.2, -0.15) is 0 Å². The first-order chi connectivity index (χ1) is 24.9. The molecule has 8 heteroatoms. The number of rotatable bonds is 10. The molecule has 0 aromatic heterocycles. The van der Waals surface area contributed by atoms with E-state index in [0.29, 0.717) is 78.9 Å². The number of hydrogen-bond acceptors (Lipinski definition) is 5. The summed E-state index contributed by atoms with van der Waals surface area (Å²) in [4.78, 5) is 14.3. The van der Waals surface area contributed by atoms with Crippen LogP contribution in [0.25, 0.3) is 0 Å².